The van der Waals surface area contributed by atoms with Gasteiger partial charge in [-0.3, -0.25) is 9.89 Å². The van der Waals surface area contributed by atoms with Crippen LogP contribution in [0.2, 0.25) is 5.02 Å². The Labute approximate surface area is 187 Å². The number of hydrogen-bond donors (Lipinski definition) is 3. The van der Waals surface area contributed by atoms with Crippen molar-refractivity contribution in [2.24, 2.45) is 0 Å². The van der Waals surface area contributed by atoms with Crippen LogP contribution in [0, 0.1) is 0 Å². The molecule has 31 heavy (non-hydrogen) atoms. The number of rotatable bonds is 6. The summed E-state index contributed by atoms with van der Waals surface area (Å²) >= 11 is 6.18. The van der Waals surface area contributed by atoms with Gasteiger partial charge in [-0.05, 0) is 48.9 Å². The summed E-state index contributed by atoms with van der Waals surface area (Å²) in [4.78, 5) is 12.9. The highest BCUT2D eigenvalue weighted by Gasteiger charge is 2.26. The zero-order valence-corrected chi connectivity index (χ0v) is 18.2. The fourth-order valence-electron chi connectivity index (χ4n) is 4.39. The van der Waals surface area contributed by atoms with Gasteiger partial charge in [0, 0.05) is 28.7 Å². The maximum absolute atomic E-state index is 12.9. The molecule has 1 aromatic heterocycles. The third kappa shape index (κ3) is 5.35. The molecule has 1 heterocycles. The smallest absolute Gasteiger partial charge is 0.272 e. The van der Waals surface area contributed by atoms with E-state index in [-0.39, 0.29) is 18.4 Å². The molecule has 0 spiro atoms. The molecule has 0 saturated heterocycles. The van der Waals surface area contributed by atoms with Gasteiger partial charge in [0.1, 0.15) is 0 Å². The van der Waals surface area contributed by atoms with Crippen molar-refractivity contribution < 1.29 is 9.90 Å². The van der Waals surface area contributed by atoms with Crippen LogP contribution in [-0.4, -0.2) is 27.8 Å². The van der Waals surface area contributed by atoms with Crippen LogP contribution < -0.4 is 5.32 Å². The minimum Gasteiger partial charge on any atom is -0.387 e. The average Bonchev–Trinajstić information content (AvgIpc) is 3.18. The van der Waals surface area contributed by atoms with Crippen molar-refractivity contribution in [2.75, 3.05) is 6.54 Å². The fraction of sp³-hybridized carbons (Fsp3) is 0.360. The molecule has 0 saturated carbocycles. The number of benzene rings is 2. The maximum Gasteiger partial charge on any atom is 0.272 e. The monoisotopic (exact) mass is 437 g/mol. The highest BCUT2D eigenvalue weighted by molar-refractivity contribution is 6.30. The van der Waals surface area contributed by atoms with Gasteiger partial charge >= 0.3 is 0 Å². The second-order valence-electron chi connectivity index (χ2n) is 8.23. The molecule has 1 aliphatic carbocycles. The van der Waals surface area contributed by atoms with Crippen LogP contribution in [-0.2, 0) is 12.8 Å². The topological polar surface area (TPSA) is 78.0 Å². The first-order valence-corrected chi connectivity index (χ1v) is 11.3. The van der Waals surface area contributed by atoms with Crippen molar-refractivity contribution in [1.82, 2.24) is 15.5 Å². The van der Waals surface area contributed by atoms with Gasteiger partial charge in [0.2, 0.25) is 0 Å². The quantitative estimate of drug-likeness (QED) is 0.509. The summed E-state index contributed by atoms with van der Waals surface area (Å²) in [6.07, 6.45) is 5.35. The number of carbonyl (C=O) groups excluding carboxylic acids is 1. The van der Waals surface area contributed by atoms with Gasteiger partial charge < -0.3 is 10.4 Å². The summed E-state index contributed by atoms with van der Waals surface area (Å²) in [6.45, 7) is 0.149. The Kier molecular flexibility index (Phi) is 7.05. The number of aromatic nitrogens is 2. The number of hydrogen-bond acceptors (Lipinski definition) is 3. The van der Waals surface area contributed by atoms with Crippen LogP contribution in [0.25, 0.3) is 0 Å². The third-order valence-electron chi connectivity index (χ3n) is 6.01. The molecular formula is C25H28ClN3O2. The number of aromatic amines is 1. The minimum absolute atomic E-state index is 0.149. The van der Waals surface area contributed by atoms with Crippen molar-refractivity contribution in [3.63, 3.8) is 0 Å². The predicted octanol–water partition coefficient (Wildman–Crippen LogP) is 4.97. The van der Waals surface area contributed by atoms with Gasteiger partial charge in [0.15, 0.2) is 5.69 Å². The minimum atomic E-state index is -0.749. The number of fused-ring (bicyclic) bond motifs is 1. The molecule has 6 heteroatoms. The number of aliphatic hydroxyl groups excluding tert-OH is 1. The Morgan fingerprint density at radius 3 is 2.81 bits per heavy atom. The Balaban J connectivity index is 1.50. The van der Waals surface area contributed by atoms with Crippen molar-refractivity contribution in [3.8, 4) is 0 Å². The number of amides is 1. The normalized spacial score (nSPS) is 17.3. The molecular weight excluding hydrogens is 410 g/mol. The van der Waals surface area contributed by atoms with Crippen LogP contribution in [0.4, 0.5) is 0 Å². The molecule has 5 nitrogen and oxygen atoms in total. The van der Waals surface area contributed by atoms with Gasteiger partial charge in [0.25, 0.3) is 5.91 Å². The van der Waals surface area contributed by atoms with Crippen molar-refractivity contribution in [3.05, 3.63) is 87.7 Å². The Bertz CT molecular complexity index is 1020. The number of carbonyl (C=O) groups is 1. The van der Waals surface area contributed by atoms with E-state index in [0.717, 1.165) is 60.4 Å². The van der Waals surface area contributed by atoms with Crippen molar-refractivity contribution in [1.29, 1.82) is 0 Å². The summed E-state index contributed by atoms with van der Waals surface area (Å²) in [5.74, 6) is 0.0345. The molecule has 1 amide bonds. The molecule has 1 aliphatic rings. The molecule has 0 bridgehead atoms. The van der Waals surface area contributed by atoms with Gasteiger partial charge in [-0.25, -0.2) is 0 Å². The number of nitrogens with zero attached hydrogens (tertiary/aromatic N) is 1. The van der Waals surface area contributed by atoms with Gasteiger partial charge in [-0.15, -0.1) is 0 Å². The van der Waals surface area contributed by atoms with E-state index in [0.29, 0.717) is 5.69 Å². The zero-order valence-electron chi connectivity index (χ0n) is 17.5. The lowest BCUT2D eigenvalue weighted by atomic mass is 9.85. The fourth-order valence-corrected chi connectivity index (χ4v) is 4.60. The molecule has 4 rings (SSSR count). The van der Waals surface area contributed by atoms with E-state index in [1.807, 2.05) is 48.5 Å². The van der Waals surface area contributed by atoms with E-state index < -0.39 is 6.10 Å². The van der Waals surface area contributed by atoms with Crippen LogP contribution >= 0.6 is 11.6 Å². The number of H-pyrrole nitrogens is 1. The number of aliphatic hydroxyl groups is 1. The first-order valence-electron chi connectivity index (χ1n) is 10.9. The van der Waals surface area contributed by atoms with E-state index in [4.69, 9.17) is 11.6 Å². The maximum atomic E-state index is 12.9. The first-order chi connectivity index (χ1) is 15.1. The summed E-state index contributed by atoms with van der Waals surface area (Å²) in [7, 11) is 0. The lowest BCUT2D eigenvalue weighted by Gasteiger charge is -2.20. The molecule has 2 aromatic carbocycles. The molecule has 3 aromatic rings. The Morgan fingerprint density at radius 1 is 1.16 bits per heavy atom. The standard InChI is InChI=1S/C25H28ClN3O2/c26-20-12-7-8-17(15-20)14-19-11-5-2-6-13-21-23(19)28-29-24(21)25(31)27-16-22(30)18-9-3-1-4-10-18/h1,3-4,7-10,12,15,19,22,30H,2,5-6,11,13-14,16H2,(H,27,31)(H,28,29)/t19-,22+/m0/s1. The predicted molar refractivity (Wildman–Crippen MR) is 122 cm³/mol. The Morgan fingerprint density at radius 2 is 2.00 bits per heavy atom. The molecule has 0 radical (unpaired) electrons. The first kappa shape index (κ1) is 21.6. The second-order valence-corrected chi connectivity index (χ2v) is 8.67. The molecule has 0 fully saturated rings. The van der Waals surface area contributed by atoms with Gasteiger partial charge in [-0.2, -0.15) is 5.10 Å². The summed E-state index contributed by atoms with van der Waals surface area (Å²) < 4.78 is 0. The largest absolute Gasteiger partial charge is 0.387 e. The van der Waals surface area contributed by atoms with Gasteiger partial charge in [0.05, 0.1) is 6.10 Å². The molecule has 3 N–H and O–H groups in total. The van der Waals surface area contributed by atoms with Crippen molar-refractivity contribution in [2.45, 2.75) is 50.5 Å². The third-order valence-corrected chi connectivity index (χ3v) is 6.25. The van der Waals surface area contributed by atoms with Crippen LogP contribution in [0.5, 0.6) is 0 Å². The lowest BCUT2D eigenvalue weighted by molar-refractivity contribution is 0.0910. The van der Waals surface area contributed by atoms with Crippen LogP contribution in [0.1, 0.15) is 70.6 Å². The summed E-state index contributed by atoms with van der Waals surface area (Å²) in [5, 5.41) is 21.5. The average molecular weight is 438 g/mol. The van der Waals surface area contributed by atoms with E-state index in [1.54, 1.807) is 0 Å². The van der Waals surface area contributed by atoms with Crippen LogP contribution in [0.15, 0.2) is 54.6 Å². The number of halogens is 1. The van der Waals surface area contributed by atoms with E-state index >= 15 is 0 Å². The Hall–Kier alpha value is -2.63. The molecule has 2 atom stereocenters. The SMILES string of the molecule is O=C(NC[C@@H](O)c1ccccc1)c1n[nH]c2c1CCCCC[C@H]2Cc1cccc(Cl)c1. The van der Waals surface area contributed by atoms with E-state index in [1.165, 1.54) is 5.56 Å². The van der Waals surface area contributed by atoms with Crippen LogP contribution in [0.3, 0.4) is 0 Å². The summed E-state index contributed by atoms with van der Waals surface area (Å²) in [5.41, 5.74) is 4.50. The van der Waals surface area contributed by atoms with Gasteiger partial charge in [-0.1, -0.05) is 66.9 Å². The summed E-state index contributed by atoms with van der Waals surface area (Å²) in [6, 6.07) is 17.3. The van der Waals surface area contributed by atoms with Crippen molar-refractivity contribution >= 4 is 17.5 Å². The van der Waals surface area contributed by atoms with E-state index in [9.17, 15) is 9.90 Å². The highest BCUT2D eigenvalue weighted by atomic mass is 35.5. The molecule has 0 aliphatic heterocycles. The second kappa shape index (κ2) is 10.1. The molecule has 162 valence electrons. The van der Waals surface area contributed by atoms with E-state index in [2.05, 4.69) is 21.6 Å². The lowest BCUT2D eigenvalue weighted by Crippen LogP contribution is -2.29. The zero-order chi connectivity index (χ0) is 21.6. The molecule has 0 unspecified atom stereocenters. The highest BCUT2D eigenvalue weighted by Crippen LogP contribution is 2.33. The number of nitrogens with one attached hydrogen (secondary N) is 2.